The van der Waals surface area contributed by atoms with Gasteiger partial charge in [0.2, 0.25) is 17.7 Å². The maximum atomic E-state index is 14.2. The summed E-state index contributed by atoms with van der Waals surface area (Å²) >= 11 is 1.24. The molecule has 35 heavy (non-hydrogen) atoms. The smallest absolute Gasteiger partial charge is 0.341 e. The molecule has 8 nitrogen and oxygen atoms in total. The van der Waals surface area contributed by atoms with Crippen LogP contribution in [0.4, 0.5) is 10.7 Å². The maximum absolute atomic E-state index is 14.2. The van der Waals surface area contributed by atoms with Gasteiger partial charge in [-0.3, -0.25) is 19.3 Å². The first kappa shape index (κ1) is 22.4. The van der Waals surface area contributed by atoms with Crippen LogP contribution in [0.1, 0.15) is 50.3 Å². The van der Waals surface area contributed by atoms with Gasteiger partial charge in [0.05, 0.1) is 24.5 Å². The number of thiophene rings is 1. The molecular formula is C26H27N3O5S. The summed E-state index contributed by atoms with van der Waals surface area (Å²) in [5, 5.41) is 3.37. The molecule has 3 saturated heterocycles. The van der Waals surface area contributed by atoms with E-state index >= 15 is 0 Å². The number of fused-ring (bicyclic) bond motifs is 7. The number of amides is 3. The molecule has 4 aliphatic rings. The Hall–Kier alpha value is -3.04. The Labute approximate surface area is 207 Å². The first-order valence-electron chi connectivity index (χ1n) is 11.9. The first-order chi connectivity index (χ1) is 16.7. The van der Waals surface area contributed by atoms with Crippen molar-refractivity contribution in [1.82, 2.24) is 4.90 Å². The molecule has 4 atom stereocenters. The second-order valence-electron chi connectivity index (χ2n) is 10.0. The zero-order valence-corrected chi connectivity index (χ0v) is 21.2. The van der Waals surface area contributed by atoms with Crippen LogP contribution < -0.4 is 10.2 Å². The Kier molecular flexibility index (Phi) is 4.64. The molecule has 3 amide bonds. The minimum Gasteiger partial charge on any atom is -0.465 e. The second kappa shape index (κ2) is 7.24. The lowest BCUT2D eigenvalue weighted by Crippen LogP contribution is -2.54. The summed E-state index contributed by atoms with van der Waals surface area (Å²) in [6, 6.07) is 3.71. The topological polar surface area (TPSA) is 96.0 Å². The number of carbonyl (C=O) groups excluding carboxylic acids is 4. The number of anilines is 2. The predicted octanol–water partition coefficient (Wildman–Crippen LogP) is 3.20. The van der Waals surface area contributed by atoms with Crippen LogP contribution in [0, 0.1) is 39.5 Å². The second-order valence-corrected chi connectivity index (χ2v) is 11.2. The van der Waals surface area contributed by atoms with E-state index in [1.807, 2.05) is 32.9 Å². The van der Waals surface area contributed by atoms with E-state index in [2.05, 4.69) is 10.2 Å². The van der Waals surface area contributed by atoms with Gasteiger partial charge in [-0.05, 0) is 63.8 Å². The molecule has 9 heteroatoms. The van der Waals surface area contributed by atoms with Crippen LogP contribution in [0.25, 0.3) is 0 Å². The van der Waals surface area contributed by atoms with Crippen LogP contribution in [0.2, 0.25) is 0 Å². The van der Waals surface area contributed by atoms with Crippen LogP contribution in [-0.2, 0) is 24.7 Å². The fourth-order valence-electron chi connectivity index (χ4n) is 6.83. The van der Waals surface area contributed by atoms with Gasteiger partial charge in [0.15, 0.2) is 0 Å². The zero-order chi connectivity index (χ0) is 25.0. The summed E-state index contributed by atoms with van der Waals surface area (Å²) in [5.74, 6) is -3.05. The van der Waals surface area contributed by atoms with Gasteiger partial charge in [-0.15, -0.1) is 11.3 Å². The van der Waals surface area contributed by atoms with Gasteiger partial charge in [-0.2, -0.15) is 0 Å². The first-order valence-corrected chi connectivity index (χ1v) is 12.7. The number of aryl methyl sites for hydroxylation is 2. The highest BCUT2D eigenvalue weighted by Gasteiger charge is 2.75. The van der Waals surface area contributed by atoms with E-state index in [-0.39, 0.29) is 23.4 Å². The van der Waals surface area contributed by atoms with Gasteiger partial charge in [0.1, 0.15) is 10.5 Å². The van der Waals surface area contributed by atoms with E-state index in [0.29, 0.717) is 17.1 Å². The molecule has 3 fully saturated rings. The lowest BCUT2D eigenvalue weighted by molar-refractivity contribution is -0.135. The third-order valence-corrected chi connectivity index (χ3v) is 9.85. The number of esters is 1. The van der Waals surface area contributed by atoms with E-state index < -0.39 is 29.3 Å². The maximum Gasteiger partial charge on any atom is 0.341 e. The SMILES string of the molecule is COC(=O)c1c(N2C(=O)[C@@H]3[C@H]4CCCN4[C@]4(C(=O)Nc5c4ccc(C)c5C)[C@@H]3C2=O)sc(C)c1C. The van der Waals surface area contributed by atoms with Crippen LogP contribution >= 0.6 is 11.3 Å². The van der Waals surface area contributed by atoms with Crippen molar-refractivity contribution in [3.63, 3.8) is 0 Å². The Bertz CT molecular complexity index is 1360. The van der Waals surface area contributed by atoms with Crippen molar-refractivity contribution in [2.24, 2.45) is 11.8 Å². The molecule has 1 spiro atoms. The van der Waals surface area contributed by atoms with E-state index in [9.17, 15) is 19.2 Å². The van der Waals surface area contributed by atoms with Crippen molar-refractivity contribution in [3.8, 4) is 0 Å². The average Bonchev–Trinajstić information content (AvgIpc) is 3.58. The molecule has 4 aliphatic heterocycles. The third kappa shape index (κ3) is 2.50. The molecule has 0 unspecified atom stereocenters. The Morgan fingerprint density at radius 2 is 1.86 bits per heavy atom. The minimum absolute atomic E-state index is 0.205. The van der Waals surface area contributed by atoms with Crippen LogP contribution in [0.15, 0.2) is 12.1 Å². The molecule has 1 aromatic carbocycles. The summed E-state index contributed by atoms with van der Waals surface area (Å²) in [4.78, 5) is 58.9. The van der Waals surface area contributed by atoms with Gasteiger partial charge in [0.25, 0.3) is 0 Å². The van der Waals surface area contributed by atoms with Gasteiger partial charge in [0, 0.05) is 22.2 Å². The minimum atomic E-state index is -1.23. The number of methoxy groups -OCH3 is 1. The molecule has 0 radical (unpaired) electrons. The molecule has 6 rings (SSSR count). The summed E-state index contributed by atoms with van der Waals surface area (Å²) in [7, 11) is 1.29. The van der Waals surface area contributed by atoms with Gasteiger partial charge in [-0.25, -0.2) is 9.69 Å². The predicted molar refractivity (Wildman–Crippen MR) is 131 cm³/mol. The normalized spacial score (nSPS) is 29.1. The number of nitrogens with one attached hydrogen (secondary N) is 1. The van der Waals surface area contributed by atoms with E-state index in [1.54, 1.807) is 6.92 Å². The van der Waals surface area contributed by atoms with Crippen molar-refractivity contribution in [2.75, 3.05) is 23.9 Å². The molecule has 0 saturated carbocycles. The number of carbonyl (C=O) groups is 4. The third-order valence-electron chi connectivity index (χ3n) is 8.66. The number of benzene rings is 1. The summed E-state index contributed by atoms with van der Waals surface area (Å²) < 4.78 is 4.99. The fraction of sp³-hybridized carbons (Fsp3) is 0.462. The fourth-order valence-corrected chi connectivity index (χ4v) is 7.98. The highest BCUT2D eigenvalue weighted by Crippen LogP contribution is 2.61. The number of hydrogen-bond acceptors (Lipinski definition) is 7. The van der Waals surface area contributed by atoms with Crippen molar-refractivity contribution >= 4 is 45.7 Å². The number of rotatable bonds is 2. The quantitative estimate of drug-likeness (QED) is 0.510. The van der Waals surface area contributed by atoms with Crippen LogP contribution in [0.5, 0.6) is 0 Å². The molecule has 5 heterocycles. The average molecular weight is 494 g/mol. The van der Waals surface area contributed by atoms with Gasteiger partial charge in [-0.1, -0.05) is 12.1 Å². The lowest BCUT2D eigenvalue weighted by atomic mass is 9.75. The van der Waals surface area contributed by atoms with E-state index in [1.165, 1.54) is 23.3 Å². The lowest BCUT2D eigenvalue weighted by Gasteiger charge is -2.36. The van der Waals surface area contributed by atoms with Crippen molar-refractivity contribution in [1.29, 1.82) is 0 Å². The monoisotopic (exact) mass is 493 g/mol. The largest absolute Gasteiger partial charge is 0.465 e. The van der Waals surface area contributed by atoms with Gasteiger partial charge >= 0.3 is 5.97 Å². The van der Waals surface area contributed by atoms with Crippen molar-refractivity contribution in [3.05, 3.63) is 44.8 Å². The standard InChI is InChI=1S/C26H27N3O5S/c1-11-8-9-15-20(12(11)2)27-25(33)26(15)19-18(16-7-6-10-28(16)26)21(30)29(22(19)31)23-17(24(32)34-5)13(3)14(4)35-23/h8-9,16,18-19H,6-7,10H2,1-5H3,(H,27,33)/t16-,18-,19+,26+/m1/s1. The molecule has 2 aromatic rings. The van der Waals surface area contributed by atoms with E-state index in [0.717, 1.165) is 40.1 Å². The van der Waals surface area contributed by atoms with Crippen molar-refractivity contribution in [2.45, 2.75) is 52.1 Å². The number of ether oxygens (including phenoxy) is 1. The number of nitrogens with zero attached hydrogens (tertiary/aromatic N) is 2. The zero-order valence-electron chi connectivity index (χ0n) is 20.4. The van der Waals surface area contributed by atoms with Gasteiger partial charge < -0.3 is 10.1 Å². The molecule has 0 bridgehead atoms. The molecule has 0 aliphatic carbocycles. The summed E-state index contributed by atoms with van der Waals surface area (Å²) in [5.41, 5.74) is 3.26. The summed E-state index contributed by atoms with van der Waals surface area (Å²) in [6.45, 7) is 8.26. The highest BCUT2D eigenvalue weighted by molar-refractivity contribution is 7.17. The Morgan fingerprint density at radius 1 is 1.11 bits per heavy atom. The molecule has 182 valence electrons. The molecule has 1 aromatic heterocycles. The number of imide groups is 1. The summed E-state index contributed by atoms with van der Waals surface area (Å²) in [6.07, 6.45) is 1.60. The molecule has 1 N–H and O–H groups in total. The van der Waals surface area contributed by atoms with E-state index in [4.69, 9.17) is 4.74 Å². The van der Waals surface area contributed by atoms with Crippen LogP contribution in [0.3, 0.4) is 0 Å². The number of hydrogen-bond donors (Lipinski definition) is 1. The molecular weight excluding hydrogens is 466 g/mol. The van der Waals surface area contributed by atoms with Crippen molar-refractivity contribution < 1.29 is 23.9 Å². The Morgan fingerprint density at radius 3 is 2.57 bits per heavy atom. The highest BCUT2D eigenvalue weighted by atomic mass is 32.1. The Balaban J connectivity index is 1.57. The van der Waals surface area contributed by atoms with Crippen LogP contribution in [-0.4, -0.2) is 48.3 Å².